The van der Waals surface area contributed by atoms with E-state index in [9.17, 15) is 5.11 Å². The van der Waals surface area contributed by atoms with Crippen molar-refractivity contribution in [3.8, 4) is 5.75 Å². The predicted octanol–water partition coefficient (Wildman–Crippen LogP) is 3.81. The van der Waals surface area contributed by atoms with Gasteiger partial charge in [-0.3, -0.25) is 9.88 Å². The van der Waals surface area contributed by atoms with E-state index in [-0.39, 0.29) is 13.5 Å². The summed E-state index contributed by atoms with van der Waals surface area (Å²) in [5.74, 6) is 2.01. The van der Waals surface area contributed by atoms with Crippen LogP contribution in [0, 0.1) is 11.8 Å². The highest BCUT2D eigenvalue weighted by molar-refractivity contribution is 5.83. The van der Waals surface area contributed by atoms with Gasteiger partial charge in [-0.2, -0.15) is 0 Å². The van der Waals surface area contributed by atoms with Crippen LogP contribution >= 0.6 is 0 Å². The quantitative estimate of drug-likeness (QED) is 0.860. The van der Waals surface area contributed by atoms with Crippen LogP contribution < -0.4 is 4.74 Å². The SMILES string of the molecule is C.C=CC1CN2CCC1C[C@H]2[C@H](O)c1ccnc2ccc(OC)cc12. The van der Waals surface area contributed by atoms with E-state index in [1.807, 2.05) is 24.3 Å². The van der Waals surface area contributed by atoms with E-state index < -0.39 is 6.10 Å². The number of benzene rings is 1. The van der Waals surface area contributed by atoms with Crippen molar-refractivity contribution < 1.29 is 9.84 Å². The van der Waals surface area contributed by atoms with Crippen molar-refractivity contribution in [2.45, 2.75) is 32.4 Å². The summed E-state index contributed by atoms with van der Waals surface area (Å²) in [6.45, 7) is 6.07. The van der Waals surface area contributed by atoms with Gasteiger partial charge in [0, 0.05) is 24.2 Å². The van der Waals surface area contributed by atoms with E-state index in [1.165, 1.54) is 6.42 Å². The molecule has 134 valence electrons. The molecule has 1 aromatic heterocycles. The molecule has 3 aliphatic rings. The van der Waals surface area contributed by atoms with E-state index in [4.69, 9.17) is 4.74 Å². The molecule has 3 fully saturated rings. The first kappa shape index (κ1) is 17.9. The Morgan fingerprint density at radius 3 is 2.92 bits per heavy atom. The molecule has 25 heavy (non-hydrogen) atoms. The number of hydrogen-bond acceptors (Lipinski definition) is 4. The van der Waals surface area contributed by atoms with Crippen molar-refractivity contribution >= 4 is 10.9 Å². The summed E-state index contributed by atoms with van der Waals surface area (Å²) in [6, 6.07) is 7.96. The lowest BCUT2D eigenvalue weighted by Gasteiger charge is -2.50. The van der Waals surface area contributed by atoms with Gasteiger partial charge in [-0.05, 0) is 61.1 Å². The van der Waals surface area contributed by atoms with E-state index in [0.717, 1.165) is 41.7 Å². The van der Waals surface area contributed by atoms with Gasteiger partial charge in [-0.25, -0.2) is 0 Å². The van der Waals surface area contributed by atoms with Gasteiger partial charge in [0.15, 0.2) is 0 Å². The van der Waals surface area contributed by atoms with Crippen LogP contribution in [0.25, 0.3) is 10.9 Å². The Morgan fingerprint density at radius 2 is 2.24 bits per heavy atom. The number of fused-ring (bicyclic) bond motifs is 4. The Labute approximate surface area is 150 Å². The van der Waals surface area contributed by atoms with Gasteiger partial charge in [-0.15, -0.1) is 6.58 Å². The molecule has 5 atom stereocenters. The van der Waals surface area contributed by atoms with Crippen molar-refractivity contribution in [2.24, 2.45) is 11.8 Å². The number of ether oxygens (including phenoxy) is 1. The van der Waals surface area contributed by atoms with Crippen LogP contribution in [0.3, 0.4) is 0 Å². The predicted molar refractivity (Wildman–Crippen MR) is 102 cm³/mol. The maximum Gasteiger partial charge on any atom is 0.119 e. The van der Waals surface area contributed by atoms with Crippen molar-refractivity contribution in [3.05, 3.63) is 48.7 Å². The minimum Gasteiger partial charge on any atom is -0.497 e. The molecule has 0 amide bonds. The Bertz CT molecular complexity index is 761. The average molecular weight is 340 g/mol. The lowest BCUT2D eigenvalue weighted by molar-refractivity contribution is -0.0444. The summed E-state index contributed by atoms with van der Waals surface area (Å²) in [4.78, 5) is 6.86. The molecule has 5 rings (SSSR count). The van der Waals surface area contributed by atoms with Crippen LogP contribution in [0.1, 0.15) is 31.9 Å². The Kier molecular flexibility index (Phi) is 5.11. The zero-order valence-corrected chi connectivity index (χ0v) is 14.1. The van der Waals surface area contributed by atoms with Crippen molar-refractivity contribution in [2.75, 3.05) is 20.2 Å². The van der Waals surface area contributed by atoms with E-state index >= 15 is 0 Å². The number of nitrogens with zero attached hydrogens (tertiary/aromatic N) is 2. The fourth-order valence-corrected chi connectivity index (χ4v) is 4.44. The van der Waals surface area contributed by atoms with Crippen LogP contribution in [0.5, 0.6) is 5.75 Å². The van der Waals surface area contributed by atoms with Gasteiger partial charge in [0.1, 0.15) is 5.75 Å². The highest BCUT2D eigenvalue weighted by atomic mass is 16.5. The number of methoxy groups -OCH3 is 1. The largest absolute Gasteiger partial charge is 0.497 e. The lowest BCUT2D eigenvalue weighted by atomic mass is 9.73. The zero-order valence-electron chi connectivity index (χ0n) is 14.1. The first-order chi connectivity index (χ1) is 11.7. The Balaban J connectivity index is 0.00000182. The Hall–Kier alpha value is -1.91. The summed E-state index contributed by atoms with van der Waals surface area (Å²) >= 11 is 0. The molecule has 4 nitrogen and oxygen atoms in total. The smallest absolute Gasteiger partial charge is 0.119 e. The lowest BCUT2D eigenvalue weighted by Crippen LogP contribution is -2.54. The third kappa shape index (κ3) is 3.05. The number of aliphatic hydroxyl groups is 1. The van der Waals surface area contributed by atoms with Crippen LogP contribution in [-0.4, -0.2) is 41.2 Å². The molecule has 0 spiro atoms. The van der Waals surface area contributed by atoms with Gasteiger partial charge in [0.25, 0.3) is 0 Å². The summed E-state index contributed by atoms with van der Waals surface area (Å²) in [5, 5.41) is 12.1. The molecule has 2 aromatic rings. The second-order valence-corrected chi connectivity index (χ2v) is 6.97. The summed E-state index contributed by atoms with van der Waals surface area (Å²) in [5.41, 5.74) is 1.85. The highest BCUT2D eigenvalue weighted by Crippen LogP contribution is 2.42. The van der Waals surface area contributed by atoms with Crippen molar-refractivity contribution in [1.29, 1.82) is 0 Å². The molecule has 0 aliphatic carbocycles. The maximum absolute atomic E-state index is 11.2. The molecule has 3 unspecified atom stereocenters. The zero-order chi connectivity index (χ0) is 16.7. The van der Waals surface area contributed by atoms with Crippen LogP contribution in [0.4, 0.5) is 0 Å². The molecule has 0 radical (unpaired) electrons. The summed E-state index contributed by atoms with van der Waals surface area (Å²) < 4.78 is 5.35. The highest BCUT2D eigenvalue weighted by Gasteiger charge is 2.42. The van der Waals surface area contributed by atoms with Gasteiger partial charge in [-0.1, -0.05) is 13.5 Å². The van der Waals surface area contributed by atoms with Crippen LogP contribution in [0.2, 0.25) is 0 Å². The number of piperidine rings is 3. The topological polar surface area (TPSA) is 45.6 Å². The maximum atomic E-state index is 11.2. The summed E-state index contributed by atoms with van der Waals surface area (Å²) in [6.07, 6.45) is 5.62. The number of aliphatic hydroxyl groups excluding tert-OH is 1. The number of pyridine rings is 1. The average Bonchev–Trinajstić information content (AvgIpc) is 2.66. The molecule has 3 saturated heterocycles. The van der Waals surface area contributed by atoms with E-state index in [2.05, 4.69) is 22.5 Å². The molecular formula is C21H28N2O2. The standard InChI is InChI=1S/C20H24N2O2.CH4/c1-3-13-12-22-9-7-14(13)10-19(22)20(23)16-6-8-21-18-5-4-15(24-2)11-17(16)18;/h3-6,8,11,13-14,19-20,23H,1,7,9-10,12H2,2H3;1H4/t13?,14?,19-,20+;/m0./s1. The second kappa shape index (κ2) is 7.14. The molecule has 3 aliphatic heterocycles. The third-order valence-corrected chi connectivity index (χ3v) is 5.82. The summed E-state index contributed by atoms with van der Waals surface area (Å²) in [7, 11) is 1.66. The van der Waals surface area contributed by atoms with E-state index in [1.54, 1.807) is 13.3 Å². The third-order valence-electron chi connectivity index (χ3n) is 5.82. The fourth-order valence-electron chi connectivity index (χ4n) is 4.44. The minimum atomic E-state index is -0.504. The van der Waals surface area contributed by atoms with Crippen molar-refractivity contribution in [1.82, 2.24) is 9.88 Å². The van der Waals surface area contributed by atoms with Crippen LogP contribution in [-0.2, 0) is 0 Å². The van der Waals surface area contributed by atoms with Crippen LogP contribution in [0.15, 0.2) is 43.1 Å². The molecule has 4 heteroatoms. The number of hydrogen-bond donors (Lipinski definition) is 1. The van der Waals surface area contributed by atoms with Gasteiger partial charge >= 0.3 is 0 Å². The van der Waals surface area contributed by atoms with Gasteiger partial charge in [0.05, 0.1) is 18.7 Å². The minimum absolute atomic E-state index is 0. The Morgan fingerprint density at radius 1 is 1.40 bits per heavy atom. The molecule has 1 aromatic carbocycles. The number of aromatic nitrogens is 1. The first-order valence-corrected chi connectivity index (χ1v) is 8.68. The fraction of sp³-hybridized carbons (Fsp3) is 0.476. The molecular weight excluding hydrogens is 312 g/mol. The number of rotatable bonds is 4. The molecule has 4 heterocycles. The van der Waals surface area contributed by atoms with E-state index in [0.29, 0.717) is 11.8 Å². The second-order valence-electron chi connectivity index (χ2n) is 6.97. The molecule has 0 saturated carbocycles. The normalized spacial score (nSPS) is 29.0. The van der Waals surface area contributed by atoms with Gasteiger partial charge in [0.2, 0.25) is 0 Å². The monoisotopic (exact) mass is 340 g/mol. The molecule has 1 N–H and O–H groups in total. The van der Waals surface area contributed by atoms with Crippen molar-refractivity contribution in [3.63, 3.8) is 0 Å². The molecule has 2 bridgehead atoms. The first-order valence-electron chi connectivity index (χ1n) is 8.68. The van der Waals surface area contributed by atoms with Gasteiger partial charge < -0.3 is 9.84 Å².